The molecule has 0 saturated heterocycles. The fourth-order valence-electron chi connectivity index (χ4n) is 1.28. The Bertz CT molecular complexity index is 434. The minimum Gasteiger partial charge on any atom is -0.396 e. The molecule has 104 valence electrons. The van der Waals surface area contributed by atoms with Crippen LogP contribution < -0.4 is 10.6 Å². The average molecular weight is 285 g/mol. The first-order chi connectivity index (χ1) is 9.02. The van der Waals surface area contributed by atoms with E-state index in [-0.39, 0.29) is 30.9 Å². The van der Waals surface area contributed by atoms with Crippen molar-refractivity contribution in [1.82, 2.24) is 10.6 Å². The summed E-state index contributed by atoms with van der Waals surface area (Å²) in [6, 6.07) is 6.39. The Kier molecular flexibility index (Phi) is 6.32. The second kappa shape index (κ2) is 7.76. The van der Waals surface area contributed by atoms with E-state index in [0.29, 0.717) is 17.1 Å². The van der Waals surface area contributed by atoms with Crippen LogP contribution in [0.2, 0.25) is 5.02 Å². The van der Waals surface area contributed by atoms with E-state index >= 15 is 0 Å². The van der Waals surface area contributed by atoms with E-state index in [9.17, 15) is 9.59 Å². The summed E-state index contributed by atoms with van der Waals surface area (Å²) in [6.45, 7) is 2.11. The Morgan fingerprint density at radius 3 is 2.47 bits per heavy atom. The number of carbonyl (C=O) groups is 2. The molecule has 1 rings (SSSR count). The minimum absolute atomic E-state index is 0.00378. The molecule has 0 aliphatic heterocycles. The number of aliphatic hydroxyl groups excluding tert-OH is 1. The maximum absolute atomic E-state index is 11.7. The van der Waals surface area contributed by atoms with E-state index in [1.807, 2.05) is 6.92 Å². The molecule has 0 fully saturated rings. The molecule has 1 aromatic rings. The average Bonchev–Trinajstić information content (AvgIpc) is 2.42. The first kappa shape index (κ1) is 15.5. The molecular formula is C13H17ClN2O3. The van der Waals surface area contributed by atoms with Crippen molar-refractivity contribution in [2.45, 2.75) is 6.92 Å². The number of rotatable bonds is 6. The topological polar surface area (TPSA) is 78.4 Å². The lowest BCUT2D eigenvalue weighted by atomic mass is 10.2. The van der Waals surface area contributed by atoms with Gasteiger partial charge in [0.15, 0.2) is 0 Å². The van der Waals surface area contributed by atoms with Crippen molar-refractivity contribution in [1.29, 1.82) is 0 Å². The van der Waals surface area contributed by atoms with Gasteiger partial charge >= 0.3 is 0 Å². The van der Waals surface area contributed by atoms with Crippen molar-refractivity contribution in [3.05, 3.63) is 34.9 Å². The lowest BCUT2D eigenvalue weighted by molar-refractivity contribution is -0.120. The van der Waals surface area contributed by atoms with Gasteiger partial charge in [-0.25, -0.2) is 0 Å². The molecule has 6 heteroatoms. The van der Waals surface area contributed by atoms with Crippen LogP contribution in [0.25, 0.3) is 0 Å². The van der Waals surface area contributed by atoms with E-state index < -0.39 is 0 Å². The van der Waals surface area contributed by atoms with Gasteiger partial charge in [0.25, 0.3) is 5.91 Å². The highest BCUT2D eigenvalue weighted by Crippen LogP contribution is 2.09. The summed E-state index contributed by atoms with van der Waals surface area (Å²) in [5.74, 6) is -0.624. The lowest BCUT2D eigenvalue weighted by Crippen LogP contribution is -2.39. The van der Waals surface area contributed by atoms with Crippen LogP contribution in [-0.4, -0.2) is 36.6 Å². The van der Waals surface area contributed by atoms with Gasteiger partial charge in [-0.2, -0.15) is 0 Å². The van der Waals surface area contributed by atoms with Crippen LogP contribution in [0, 0.1) is 5.92 Å². The summed E-state index contributed by atoms with van der Waals surface area (Å²) in [5.41, 5.74) is 0.445. The summed E-state index contributed by atoms with van der Waals surface area (Å²) in [4.78, 5) is 23.1. The predicted octanol–water partition coefficient (Wildman–Crippen LogP) is 0.814. The van der Waals surface area contributed by atoms with Crippen LogP contribution >= 0.6 is 11.6 Å². The summed E-state index contributed by atoms with van der Waals surface area (Å²) in [6.07, 6.45) is 0. The lowest BCUT2D eigenvalue weighted by Gasteiger charge is -2.10. The highest BCUT2D eigenvalue weighted by Gasteiger charge is 2.08. The van der Waals surface area contributed by atoms with Crippen molar-refractivity contribution in [3.63, 3.8) is 0 Å². The van der Waals surface area contributed by atoms with Gasteiger partial charge in [0.1, 0.15) is 0 Å². The number of nitrogens with one attached hydrogen (secondary N) is 2. The van der Waals surface area contributed by atoms with E-state index in [1.54, 1.807) is 24.3 Å². The third kappa shape index (κ3) is 5.72. The zero-order valence-corrected chi connectivity index (χ0v) is 11.4. The smallest absolute Gasteiger partial charge is 0.251 e. The molecule has 0 aromatic heterocycles. The number of halogens is 1. The molecule has 1 unspecified atom stereocenters. The van der Waals surface area contributed by atoms with Gasteiger partial charge in [-0.3, -0.25) is 9.59 Å². The van der Waals surface area contributed by atoms with Crippen molar-refractivity contribution in [2.24, 2.45) is 5.92 Å². The highest BCUT2D eigenvalue weighted by atomic mass is 35.5. The molecule has 0 saturated carbocycles. The minimum atomic E-state index is -0.331. The van der Waals surface area contributed by atoms with E-state index in [4.69, 9.17) is 16.7 Å². The number of amides is 2. The van der Waals surface area contributed by atoms with Gasteiger partial charge in [-0.15, -0.1) is 0 Å². The summed E-state index contributed by atoms with van der Waals surface area (Å²) >= 11 is 5.71. The molecule has 5 nitrogen and oxygen atoms in total. The second-order valence-electron chi connectivity index (χ2n) is 4.28. The first-order valence-corrected chi connectivity index (χ1v) is 6.32. The van der Waals surface area contributed by atoms with Crippen LogP contribution in [0.4, 0.5) is 0 Å². The molecule has 0 aliphatic rings. The molecule has 0 spiro atoms. The molecule has 1 aromatic carbocycles. The van der Waals surface area contributed by atoms with Gasteiger partial charge in [0.2, 0.25) is 5.91 Å². The number of hydrogen-bond acceptors (Lipinski definition) is 3. The zero-order valence-electron chi connectivity index (χ0n) is 10.6. The van der Waals surface area contributed by atoms with E-state index in [0.717, 1.165) is 0 Å². The zero-order chi connectivity index (χ0) is 14.3. The van der Waals surface area contributed by atoms with Gasteiger partial charge in [0.05, 0.1) is 6.54 Å². The molecule has 2 amide bonds. The maximum atomic E-state index is 11.7. The molecule has 0 heterocycles. The highest BCUT2D eigenvalue weighted by molar-refractivity contribution is 6.30. The maximum Gasteiger partial charge on any atom is 0.251 e. The Hall–Kier alpha value is -1.59. The van der Waals surface area contributed by atoms with Crippen molar-refractivity contribution < 1.29 is 14.7 Å². The first-order valence-electron chi connectivity index (χ1n) is 5.94. The van der Waals surface area contributed by atoms with Crippen LogP contribution in [0.3, 0.4) is 0 Å². The summed E-state index contributed by atoms with van der Waals surface area (Å²) < 4.78 is 0. The number of hydrogen-bond donors (Lipinski definition) is 3. The van der Waals surface area contributed by atoms with Crippen molar-refractivity contribution in [3.8, 4) is 0 Å². The second-order valence-corrected chi connectivity index (χ2v) is 4.72. The van der Waals surface area contributed by atoms with Crippen molar-refractivity contribution >= 4 is 23.4 Å². The van der Waals surface area contributed by atoms with Gasteiger partial charge in [-0.05, 0) is 30.2 Å². The molecular weight excluding hydrogens is 268 g/mol. The molecule has 1 atom stereocenters. The van der Waals surface area contributed by atoms with E-state index in [1.165, 1.54) is 0 Å². The Morgan fingerprint density at radius 1 is 1.26 bits per heavy atom. The third-order valence-corrected chi connectivity index (χ3v) is 2.73. The van der Waals surface area contributed by atoms with Crippen molar-refractivity contribution in [2.75, 3.05) is 19.7 Å². The Balaban J connectivity index is 2.34. The summed E-state index contributed by atoms with van der Waals surface area (Å²) in [7, 11) is 0. The molecule has 19 heavy (non-hydrogen) atoms. The number of carbonyl (C=O) groups excluding carboxylic acids is 2. The van der Waals surface area contributed by atoms with E-state index in [2.05, 4.69) is 10.6 Å². The molecule has 0 aliphatic carbocycles. The van der Waals surface area contributed by atoms with Gasteiger partial charge in [-0.1, -0.05) is 18.5 Å². The van der Waals surface area contributed by atoms with Crippen LogP contribution in [0.15, 0.2) is 24.3 Å². The normalized spacial score (nSPS) is 11.7. The largest absolute Gasteiger partial charge is 0.396 e. The number of aliphatic hydroxyl groups is 1. The third-order valence-electron chi connectivity index (χ3n) is 2.48. The fourth-order valence-corrected chi connectivity index (χ4v) is 1.40. The predicted molar refractivity (Wildman–Crippen MR) is 73.0 cm³/mol. The fraction of sp³-hybridized carbons (Fsp3) is 0.385. The standard InChI is InChI=1S/C13H17ClN2O3/c1-9(8-17)6-15-12(18)7-16-13(19)10-2-4-11(14)5-3-10/h2-5,9,17H,6-8H2,1H3,(H,15,18)(H,16,19). The quantitative estimate of drug-likeness (QED) is 0.723. The van der Waals surface area contributed by atoms with Crippen LogP contribution in [-0.2, 0) is 4.79 Å². The van der Waals surface area contributed by atoms with Gasteiger partial charge in [0, 0.05) is 23.7 Å². The molecule has 3 N–H and O–H groups in total. The van der Waals surface area contributed by atoms with Crippen LogP contribution in [0.1, 0.15) is 17.3 Å². The monoisotopic (exact) mass is 284 g/mol. The number of benzene rings is 1. The summed E-state index contributed by atoms with van der Waals surface area (Å²) in [5, 5.41) is 14.5. The van der Waals surface area contributed by atoms with Crippen LogP contribution in [0.5, 0.6) is 0 Å². The SMILES string of the molecule is CC(CO)CNC(=O)CNC(=O)c1ccc(Cl)cc1. The van der Waals surface area contributed by atoms with Gasteiger partial charge < -0.3 is 15.7 Å². The Morgan fingerprint density at radius 2 is 1.89 bits per heavy atom. The molecule has 0 bridgehead atoms. The molecule has 0 radical (unpaired) electrons. The Labute approximate surface area is 117 Å².